The second kappa shape index (κ2) is 13.7. The monoisotopic (exact) mass is 391 g/mol. The summed E-state index contributed by atoms with van der Waals surface area (Å²) in [4.78, 5) is 0. The number of rotatable bonds is 15. The maximum Gasteiger partial charge on any atom is 0.200 e. The first-order valence-corrected chi connectivity index (χ1v) is 11.3. The van der Waals surface area contributed by atoms with E-state index in [-0.39, 0.29) is 5.75 Å². The summed E-state index contributed by atoms with van der Waals surface area (Å²) in [6, 6.07) is 3.98. The molecule has 3 nitrogen and oxygen atoms in total. The fourth-order valence-corrected chi connectivity index (χ4v) is 4.00. The van der Waals surface area contributed by atoms with Crippen LogP contribution in [-0.2, 0) is 0 Å². The Hall–Kier alpha value is -1.38. The van der Waals surface area contributed by atoms with Crippen LogP contribution in [0.25, 0.3) is 0 Å². The first-order valence-electron chi connectivity index (χ1n) is 11.3. The minimum absolute atomic E-state index is 0.0872. The van der Waals surface area contributed by atoms with Gasteiger partial charge >= 0.3 is 0 Å². The predicted octanol–water partition coefficient (Wildman–Crippen LogP) is 7.54. The zero-order chi connectivity index (χ0) is 20.9. The molecule has 0 amide bonds. The van der Waals surface area contributed by atoms with Crippen molar-refractivity contribution < 1.29 is 14.6 Å². The van der Waals surface area contributed by atoms with E-state index in [1.165, 1.54) is 57.3 Å². The zero-order valence-electron chi connectivity index (χ0n) is 19.1. The summed E-state index contributed by atoms with van der Waals surface area (Å²) in [6.07, 6.45) is 12.3. The Kier molecular flexibility index (Phi) is 12.1. The van der Waals surface area contributed by atoms with Crippen LogP contribution in [0.5, 0.6) is 17.2 Å². The first kappa shape index (κ1) is 24.7. The van der Waals surface area contributed by atoms with Crippen LogP contribution in [0.1, 0.15) is 97.5 Å². The summed E-state index contributed by atoms with van der Waals surface area (Å²) >= 11 is 0. The largest absolute Gasteiger partial charge is 0.502 e. The van der Waals surface area contributed by atoms with Crippen molar-refractivity contribution in [1.29, 1.82) is 0 Å². The van der Waals surface area contributed by atoms with Crippen molar-refractivity contribution in [3.05, 3.63) is 23.6 Å². The van der Waals surface area contributed by atoms with Gasteiger partial charge in [-0.25, -0.2) is 0 Å². The minimum atomic E-state index is 0.0872. The zero-order valence-corrected chi connectivity index (χ0v) is 19.1. The standard InChI is InChI=1S/C25H43O3/c1-7-11-13-19(9-3)15-21(16-20(10-4)14-12-8-2)22-17-23(27-5)25(26)24(18-22)28-6/h17-20,26H,7-16H2,1-6H3. The Bertz CT molecular complexity index is 498. The molecule has 2 atom stereocenters. The van der Waals surface area contributed by atoms with Crippen LogP contribution in [0, 0.1) is 17.8 Å². The third kappa shape index (κ3) is 7.56. The van der Waals surface area contributed by atoms with Gasteiger partial charge in [0.2, 0.25) is 5.75 Å². The van der Waals surface area contributed by atoms with Crippen molar-refractivity contribution in [2.24, 2.45) is 11.8 Å². The van der Waals surface area contributed by atoms with Gasteiger partial charge in [-0.2, -0.15) is 0 Å². The van der Waals surface area contributed by atoms with Crippen molar-refractivity contribution in [2.75, 3.05) is 14.2 Å². The first-order chi connectivity index (χ1) is 13.5. The molecule has 0 heterocycles. The number of ether oxygens (including phenoxy) is 2. The lowest BCUT2D eigenvalue weighted by Gasteiger charge is -2.27. The molecule has 1 rings (SSSR count). The molecule has 161 valence electrons. The van der Waals surface area contributed by atoms with Gasteiger partial charge in [0.1, 0.15) is 0 Å². The number of hydrogen-bond acceptors (Lipinski definition) is 3. The molecule has 0 spiro atoms. The lowest BCUT2D eigenvalue weighted by molar-refractivity contribution is 0.338. The Morgan fingerprint density at radius 2 is 1.25 bits per heavy atom. The molecule has 1 aromatic carbocycles. The summed E-state index contributed by atoms with van der Waals surface area (Å²) in [5.74, 6) is 3.99. The molecule has 0 saturated heterocycles. The highest BCUT2D eigenvalue weighted by atomic mass is 16.5. The Labute approximate surface area is 173 Å². The highest BCUT2D eigenvalue weighted by Crippen LogP contribution is 2.42. The summed E-state index contributed by atoms with van der Waals surface area (Å²) in [7, 11) is 3.20. The summed E-state index contributed by atoms with van der Waals surface area (Å²) in [6.45, 7) is 9.16. The van der Waals surface area contributed by atoms with E-state index >= 15 is 0 Å². The normalized spacial score (nSPS) is 13.5. The van der Waals surface area contributed by atoms with Crippen LogP contribution in [-0.4, -0.2) is 19.3 Å². The van der Waals surface area contributed by atoms with Crippen molar-refractivity contribution in [2.45, 2.75) is 91.9 Å². The quantitative estimate of drug-likeness (QED) is 0.335. The molecular formula is C25H43O3. The van der Waals surface area contributed by atoms with E-state index in [1.54, 1.807) is 14.2 Å². The van der Waals surface area contributed by atoms with Crippen molar-refractivity contribution >= 4 is 0 Å². The number of phenolic OH excluding ortho intramolecular Hbond substituents is 1. The molecule has 0 aliphatic carbocycles. The summed E-state index contributed by atoms with van der Waals surface area (Å²) in [5.41, 5.74) is 1.16. The molecule has 0 aliphatic heterocycles. The Morgan fingerprint density at radius 1 is 0.821 bits per heavy atom. The van der Waals surface area contributed by atoms with Crippen LogP contribution in [0.15, 0.2) is 12.1 Å². The van der Waals surface area contributed by atoms with Crippen LogP contribution in [0.3, 0.4) is 0 Å². The van der Waals surface area contributed by atoms with E-state index in [2.05, 4.69) is 27.7 Å². The van der Waals surface area contributed by atoms with Gasteiger partial charge in [-0.1, -0.05) is 79.1 Å². The van der Waals surface area contributed by atoms with Gasteiger partial charge in [-0.3, -0.25) is 0 Å². The van der Waals surface area contributed by atoms with Crippen LogP contribution in [0.2, 0.25) is 0 Å². The highest BCUT2D eigenvalue weighted by Gasteiger charge is 2.24. The number of methoxy groups -OCH3 is 2. The molecule has 1 radical (unpaired) electrons. The highest BCUT2D eigenvalue weighted by molar-refractivity contribution is 5.55. The third-order valence-corrected chi connectivity index (χ3v) is 6.04. The minimum Gasteiger partial charge on any atom is -0.502 e. The van der Waals surface area contributed by atoms with Gasteiger partial charge in [-0.15, -0.1) is 0 Å². The Balaban J connectivity index is 3.17. The molecule has 2 unspecified atom stereocenters. The van der Waals surface area contributed by atoms with Gasteiger partial charge in [-0.05, 0) is 42.4 Å². The fraction of sp³-hybridized carbons (Fsp3) is 0.720. The van der Waals surface area contributed by atoms with E-state index in [1.807, 2.05) is 12.1 Å². The van der Waals surface area contributed by atoms with Gasteiger partial charge in [0.25, 0.3) is 0 Å². The smallest absolute Gasteiger partial charge is 0.200 e. The van der Waals surface area contributed by atoms with Gasteiger partial charge < -0.3 is 14.6 Å². The molecule has 0 aromatic heterocycles. The number of phenols is 1. The van der Waals surface area contributed by atoms with Crippen LogP contribution < -0.4 is 9.47 Å². The summed E-state index contributed by atoms with van der Waals surface area (Å²) < 4.78 is 10.9. The molecule has 1 N–H and O–H groups in total. The molecule has 1 aromatic rings. The van der Waals surface area contributed by atoms with E-state index in [4.69, 9.17) is 9.47 Å². The maximum absolute atomic E-state index is 10.3. The topological polar surface area (TPSA) is 38.7 Å². The van der Waals surface area contributed by atoms with Crippen LogP contribution in [0.4, 0.5) is 0 Å². The molecule has 0 bridgehead atoms. The van der Waals surface area contributed by atoms with Crippen molar-refractivity contribution in [1.82, 2.24) is 0 Å². The maximum atomic E-state index is 10.3. The van der Waals surface area contributed by atoms with Gasteiger partial charge in [0, 0.05) is 5.92 Å². The second-order valence-electron chi connectivity index (χ2n) is 8.07. The average Bonchev–Trinajstić information content (AvgIpc) is 2.72. The number of hydrogen-bond donors (Lipinski definition) is 1. The number of unbranched alkanes of at least 4 members (excludes halogenated alkanes) is 2. The van der Waals surface area contributed by atoms with E-state index in [0.717, 1.165) is 18.4 Å². The lowest BCUT2D eigenvalue weighted by Crippen LogP contribution is -2.13. The predicted molar refractivity (Wildman–Crippen MR) is 119 cm³/mol. The summed E-state index contributed by atoms with van der Waals surface area (Å²) in [5, 5.41) is 10.3. The second-order valence-corrected chi connectivity index (χ2v) is 8.07. The fourth-order valence-electron chi connectivity index (χ4n) is 4.00. The number of benzene rings is 1. The van der Waals surface area contributed by atoms with Crippen LogP contribution >= 0.6 is 0 Å². The molecule has 28 heavy (non-hydrogen) atoms. The Morgan fingerprint density at radius 3 is 1.57 bits per heavy atom. The van der Waals surface area contributed by atoms with E-state index in [9.17, 15) is 5.11 Å². The van der Waals surface area contributed by atoms with Gasteiger partial charge in [0.15, 0.2) is 11.5 Å². The van der Waals surface area contributed by atoms with Crippen molar-refractivity contribution in [3.8, 4) is 17.2 Å². The molecule has 3 heteroatoms. The molecular weight excluding hydrogens is 348 g/mol. The average molecular weight is 392 g/mol. The van der Waals surface area contributed by atoms with E-state index < -0.39 is 0 Å². The van der Waals surface area contributed by atoms with Gasteiger partial charge in [0.05, 0.1) is 14.2 Å². The lowest BCUT2D eigenvalue weighted by atomic mass is 9.78. The van der Waals surface area contributed by atoms with Crippen molar-refractivity contribution in [3.63, 3.8) is 0 Å². The van der Waals surface area contributed by atoms with E-state index in [0.29, 0.717) is 23.3 Å². The molecule has 0 aliphatic rings. The third-order valence-electron chi connectivity index (χ3n) is 6.04. The molecule has 0 saturated carbocycles. The number of aromatic hydroxyl groups is 1. The SMILES string of the molecule is CCCCC(CC)C[C](CC(CC)CCCC)c1cc(OC)c(O)c(OC)c1. The molecule has 0 fully saturated rings.